The Hall–Kier alpha value is -2.21. The summed E-state index contributed by atoms with van der Waals surface area (Å²) < 4.78 is 0. The van der Waals surface area contributed by atoms with Crippen LogP contribution in [0.4, 0.5) is 5.69 Å². The van der Waals surface area contributed by atoms with Gasteiger partial charge in [0.1, 0.15) is 0 Å². The van der Waals surface area contributed by atoms with Gasteiger partial charge in [-0.25, -0.2) is 0 Å². The zero-order chi connectivity index (χ0) is 14.1. The van der Waals surface area contributed by atoms with Crippen LogP contribution >= 0.6 is 0 Å². The molecule has 3 heteroatoms. The van der Waals surface area contributed by atoms with Crippen LogP contribution in [-0.4, -0.2) is 14.1 Å². The fourth-order valence-electron chi connectivity index (χ4n) is 1.82. The van der Waals surface area contributed by atoms with Crippen molar-refractivity contribution in [1.29, 1.82) is 5.26 Å². The van der Waals surface area contributed by atoms with Crippen molar-refractivity contribution in [1.82, 2.24) is 5.32 Å². The fraction of sp³-hybridized carbons (Fsp3) is 0.312. The standard InChI is InChI=1S/C16H21N3/c1-13-8-9-15(19-3)11-16(13)14(12-18-2)7-5-4-6-10-17/h5,7-9,11-12,18-19H,4,6H2,1-3H3/b7-5-,14-12+. The van der Waals surface area contributed by atoms with Crippen molar-refractivity contribution < 1.29 is 0 Å². The topological polar surface area (TPSA) is 47.9 Å². The number of unbranched alkanes of at least 4 members (excludes halogenated alkanes) is 1. The number of rotatable bonds is 6. The number of nitrogens with zero attached hydrogens (tertiary/aromatic N) is 1. The van der Waals surface area contributed by atoms with Gasteiger partial charge in [-0.05, 0) is 42.2 Å². The van der Waals surface area contributed by atoms with Crippen LogP contribution in [0.1, 0.15) is 24.0 Å². The molecule has 1 aromatic rings. The number of allylic oxidation sites excluding steroid dienone is 3. The van der Waals surface area contributed by atoms with Gasteiger partial charge in [0, 0.05) is 32.4 Å². The van der Waals surface area contributed by atoms with E-state index in [-0.39, 0.29) is 0 Å². The Bertz CT molecular complexity index is 507. The molecular weight excluding hydrogens is 234 g/mol. The van der Waals surface area contributed by atoms with Gasteiger partial charge in [-0.15, -0.1) is 0 Å². The molecule has 19 heavy (non-hydrogen) atoms. The largest absolute Gasteiger partial charge is 0.393 e. The Balaban J connectivity index is 3.03. The van der Waals surface area contributed by atoms with Crippen LogP contribution in [0.5, 0.6) is 0 Å². The molecule has 0 saturated carbocycles. The van der Waals surface area contributed by atoms with Gasteiger partial charge in [0.15, 0.2) is 0 Å². The van der Waals surface area contributed by atoms with Gasteiger partial charge in [-0.2, -0.15) is 5.26 Å². The maximum atomic E-state index is 8.55. The highest BCUT2D eigenvalue weighted by Gasteiger charge is 2.03. The molecule has 0 atom stereocenters. The van der Waals surface area contributed by atoms with Crippen molar-refractivity contribution in [2.45, 2.75) is 19.8 Å². The van der Waals surface area contributed by atoms with E-state index in [0.717, 1.165) is 17.7 Å². The van der Waals surface area contributed by atoms with Gasteiger partial charge in [0.05, 0.1) is 6.07 Å². The van der Waals surface area contributed by atoms with Crippen molar-refractivity contribution in [3.63, 3.8) is 0 Å². The maximum absolute atomic E-state index is 8.55. The monoisotopic (exact) mass is 255 g/mol. The van der Waals surface area contributed by atoms with Crippen molar-refractivity contribution in [2.75, 3.05) is 19.4 Å². The Morgan fingerprint density at radius 2 is 2.16 bits per heavy atom. The van der Waals surface area contributed by atoms with Gasteiger partial charge < -0.3 is 10.6 Å². The number of hydrogen-bond donors (Lipinski definition) is 2. The number of benzene rings is 1. The van der Waals surface area contributed by atoms with E-state index in [0.29, 0.717) is 6.42 Å². The van der Waals surface area contributed by atoms with Crippen molar-refractivity contribution in [2.24, 2.45) is 0 Å². The third-order valence-electron chi connectivity index (χ3n) is 2.86. The summed E-state index contributed by atoms with van der Waals surface area (Å²) in [7, 11) is 3.80. The molecule has 0 aliphatic heterocycles. The average Bonchev–Trinajstić information content (AvgIpc) is 2.43. The molecule has 0 spiro atoms. The van der Waals surface area contributed by atoms with Crippen LogP contribution in [0.25, 0.3) is 5.57 Å². The van der Waals surface area contributed by atoms with E-state index in [1.165, 1.54) is 11.1 Å². The van der Waals surface area contributed by atoms with Gasteiger partial charge >= 0.3 is 0 Å². The minimum Gasteiger partial charge on any atom is -0.393 e. The molecule has 100 valence electrons. The first-order chi connectivity index (χ1) is 9.22. The molecule has 0 unspecified atom stereocenters. The van der Waals surface area contributed by atoms with E-state index in [1.807, 2.05) is 26.4 Å². The molecular formula is C16H21N3. The smallest absolute Gasteiger partial charge is 0.0625 e. The van der Waals surface area contributed by atoms with E-state index >= 15 is 0 Å². The van der Waals surface area contributed by atoms with E-state index in [2.05, 4.69) is 47.9 Å². The maximum Gasteiger partial charge on any atom is 0.0625 e. The molecule has 0 heterocycles. The Morgan fingerprint density at radius 3 is 2.79 bits per heavy atom. The lowest BCUT2D eigenvalue weighted by Gasteiger charge is -2.10. The lowest BCUT2D eigenvalue weighted by molar-refractivity contribution is 1.06. The van der Waals surface area contributed by atoms with Gasteiger partial charge in [-0.1, -0.05) is 18.2 Å². The first-order valence-electron chi connectivity index (χ1n) is 6.42. The molecule has 1 rings (SSSR count). The number of hydrogen-bond acceptors (Lipinski definition) is 3. The first kappa shape index (κ1) is 14.8. The van der Waals surface area contributed by atoms with E-state index < -0.39 is 0 Å². The molecule has 0 aliphatic carbocycles. The predicted octanol–water partition coefficient (Wildman–Crippen LogP) is 3.46. The summed E-state index contributed by atoms with van der Waals surface area (Å²) in [5, 5.41) is 14.8. The van der Waals surface area contributed by atoms with Crippen molar-refractivity contribution in [3.05, 3.63) is 47.7 Å². The zero-order valence-electron chi connectivity index (χ0n) is 11.8. The van der Waals surface area contributed by atoms with Crippen LogP contribution in [0.15, 0.2) is 36.6 Å². The number of nitriles is 1. The van der Waals surface area contributed by atoms with Crippen LogP contribution in [-0.2, 0) is 0 Å². The molecule has 2 N–H and O–H groups in total. The second-order valence-corrected chi connectivity index (χ2v) is 4.27. The molecule has 1 aromatic carbocycles. The summed E-state index contributed by atoms with van der Waals surface area (Å²) in [4.78, 5) is 0. The Kier molecular flexibility index (Phi) is 6.25. The van der Waals surface area contributed by atoms with Crippen molar-refractivity contribution in [3.8, 4) is 6.07 Å². The lowest BCUT2D eigenvalue weighted by atomic mass is 9.99. The van der Waals surface area contributed by atoms with Crippen LogP contribution < -0.4 is 10.6 Å². The summed E-state index contributed by atoms with van der Waals surface area (Å²) in [5.74, 6) is 0. The predicted molar refractivity (Wildman–Crippen MR) is 81.7 cm³/mol. The summed E-state index contributed by atoms with van der Waals surface area (Å²) in [6, 6.07) is 8.45. The number of aryl methyl sites for hydroxylation is 1. The van der Waals surface area contributed by atoms with Crippen LogP contribution in [0, 0.1) is 18.3 Å². The van der Waals surface area contributed by atoms with Crippen LogP contribution in [0.3, 0.4) is 0 Å². The summed E-state index contributed by atoms with van der Waals surface area (Å²) in [6.07, 6.45) is 7.42. The fourth-order valence-corrected chi connectivity index (χ4v) is 1.82. The van der Waals surface area contributed by atoms with E-state index in [1.54, 1.807) is 0 Å². The molecule has 0 aromatic heterocycles. The number of nitrogens with one attached hydrogen (secondary N) is 2. The third-order valence-corrected chi connectivity index (χ3v) is 2.86. The highest BCUT2D eigenvalue weighted by atomic mass is 14.8. The minimum atomic E-state index is 0.554. The van der Waals surface area contributed by atoms with Gasteiger partial charge in [0.2, 0.25) is 0 Å². The molecule has 0 fully saturated rings. The highest BCUT2D eigenvalue weighted by molar-refractivity contribution is 5.77. The SMILES string of the molecule is CN/C=C(\C=C/CCC#N)c1cc(NC)ccc1C. The summed E-state index contributed by atoms with van der Waals surface area (Å²) >= 11 is 0. The summed E-state index contributed by atoms with van der Waals surface area (Å²) in [5.41, 5.74) is 4.63. The second kappa shape index (κ2) is 7.99. The highest BCUT2D eigenvalue weighted by Crippen LogP contribution is 2.23. The molecule has 0 radical (unpaired) electrons. The lowest BCUT2D eigenvalue weighted by Crippen LogP contribution is -1.98. The van der Waals surface area contributed by atoms with Crippen LogP contribution in [0.2, 0.25) is 0 Å². The summed E-state index contributed by atoms with van der Waals surface area (Å²) in [6.45, 7) is 2.10. The Labute approximate surface area is 115 Å². The zero-order valence-corrected chi connectivity index (χ0v) is 11.8. The third kappa shape index (κ3) is 4.51. The molecule has 0 amide bonds. The average molecular weight is 255 g/mol. The van der Waals surface area contributed by atoms with Crippen molar-refractivity contribution >= 4 is 11.3 Å². The minimum absolute atomic E-state index is 0.554. The normalized spacial score (nSPS) is 11.4. The molecule has 3 nitrogen and oxygen atoms in total. The first-order valence-corrected chi connectivity index (χ1v) is 6.42. The Morgan fingerprint density at radius 1 is 1.37 bits per heavy atom. The number of anilines is 1. The van der Waals surface area contributed by atoms with E-state index in [9.17, 15) is 0 Å². The molecule has 0 saturated heterocycles. The van der Waals surface area contributed by atoms with E-state index in [4.69, 9.17) is 5.26 Å². The van der Waals surface area contributed by atoms with Gasteiger partial charge in [0.25, 0.3) is 0 Å². The van der Waals surface area contributed by atoms with Gasteiger partial charge in [-0.3, -0.25) is 0 Å². The quantitative estimate of drug-likeness (QED) is 0.604. The molecule has 0 aliphatic rings. The molecule has 0 bridgehead atoms. The second-order valence-electron chi connectivity index (χ2n) is 4.27.